The van der Waals surface area contributed by atoms with Crippen LogP contribution in [0.4, 0.5) is 17.6 Å². The Kier molecular flexibility index (Phi) is 5.97. The number of benzene rings is 2. The summed E-state index contributed by atoms with van der Waals surface area (Å²) in [7, 11) is 0. The molecule has 0 aliphatic rings. The molecular formula is C19H18F4. The minimum Gasteiger partial charge on any atom is -0.207 e. The van der Waals surface area contributed by atoms with Crippen molar-refractivity contribution < 1.29 is 17.6 Å². The first-order valence-corrected chi connectivity index (χ1v) is 7.59. The number of halogens is 4. The summed E-state index contributed by atoms with van der Waals surface area (Å²) in [6, 6.07) is 6.79. The second-order valence-corrected chi connectivity index (χ2v) is 5.42. The number of hydrogen-bond donors (Lipinski definition) is 0. The van der Waals surface area contributed by atoms with Crippen LogP contribution in [0.1, 0.15) is 36.5 Å². The molecule has 4 heteroatoms. The number of hydrogen-bond acceptors (Lipinski definition) is 0. The summed E-state index contributed by atoms with van der Waals surface area (Å²) < 4.78 is 53.2. The lowest BCUT2D eigenvalue weighted by Crippen LogP contribution is -1.99. The molecule has 0 heterocycles. The first-order chi connectivity index (χ1) is 11.0. The minimum absolute atomic E-state index is 0.232. The Morgan fingerprint density at radius 1 is 0.870 bits per heavy atom. The van der Waals surface area contributed by atoms with Crippen molar-refractivity contribution in [3.05, 3.63) is 76.4 Å². The Hall–Kier alpha value is -2.10. The molecule has 0 N–H and O–H groups in total. The Morgan fingerprint density at radius 2 is 1.57 bits per heavy atom. The number of rotatable bonds is 6. The summed E-state index contributed by atoms with van der Waals surface area (Å²) in [6.45, 7) is 2.06. The van der Waals surface area contributed by atoms with E-state index in [4.69, 9.17) is 0 Å². The molecular weight excluding hydrogens is 304 g/mol. The Labute approximate surface area is 133 Å². The van der Waals surface area contributed by atoms with Gasteiger partial charge in [-0.25, -0.2) is 17.6 Å². The van der Waals surface area contributed by atoms with Gasteiger partial charge < -0.3 is 0 Å². The summed E-state index contributed by atoms with van der Waals surface area (Å²) in [5.74, 6) is -4.29. The van der Waals surface area contributed by atoms with Gasteiger partial charge in [-0.1, -0.05) is 37.6 Å². The van der Waals surface area contributed by atoms with Gasteiger partial charge in [-0.3, -0.25) is 0 Å². The van der Waals surface area contributed by atoms with E-state index in [2.05, 4.69) is 6.92 Å². The molecule has 0 fully saturated rings. The second-order valence-electron chi connectivity index (χ2n) is 5.42. The zero-order chi connectivity index (χ0) is 16.8. The summed E-state index contributed by atoms with van der Waals surface area (Å²) in [4.78, 5) is 0. The average molecular weight is 322 g/mol. The molecule has 2 aromatic carbocycles. The zero-order valence-corrected chi connectivity index (χ0v) is 12.9. The normalized spacial score (nSPS) is 11.3. The molecule has 0 radical (unpaired) electrons. The van der Waals surface area contributed by atoms with Crippen molar-refractivity contribution >= 4 is 6.08 Å². The monoisotopic (exact) mass is 322 g/mol. The van der Waals surface area contributed by atoms with E-state index >= 15 is 0 Å². The maximum Gasteiger partial charge on any atom is 0.194 e. The topological polar surface area (TPSA) is 0 Å². The van der Waals surface area contributed by atoms with Crippen molar-refractivity contribution in [1.29, 1.82) is 0 Å². The highest BCUT2D eigenvalue weighted by atomic mass is 19.2. The summed E-state index contributed by atoms with van der Waals surface area (Å²) in [6.07, 6.45) is 6.33. The molecule has 23 heavy (non-hydrogen) atoms. The second kappa shape index (κ2) is 7.95. The SMILES string of the molecule is CCC/C=C/c1ccc(CCc2cc(F)c(F)c(F)c2)c(F)c1. The van der Waals surface area contributed by atoms with E-state index in [0.29, 0.717) is 11.1 Å². The summed E-state index contributed by atoms with van der Waals surface area (Å²) in [5, 5.41) is 0. The average Bonchev–Trinajstić information content (AvgIpc) is 2.52. The Balaban J connectivity index is 2.06. The number of aryl methyl sites for hydroxylation is 2. The van der Waals surface area contributed by atoms with Gasteiger partial charge in [-0.2, -0.15) is 0 Å². The van der Waals surface area contributed by atoms with Gasteiger partial charge in [0.2, 0.25) is 0 Å². The molecule has 0 aliphatic heterocycles. The molecule has 0 aliphatic carbocycles. The van der Waals surface area contributed by atoms with Gasteiger partial charge in [0.15, 0.2) is 17.5 Å². The lowest BCUT2D eigenvalue weighted by Gasteiger charge is -2.06. The van der Waals surface area contributed by atoms with Crippen molar-refractivity contribution in [2.24, 2.45) is 0 Å². The first-order valence-electron chi connectivity index (χ1n) is 7.59. The van der Waals surface area contributed by atoms with Crippen LogP contribution in [0.25, 0.3) is 6.08 Å². The van der Waals surface area contributed by atoms with Crippen LogP contribution < -0.4 is 0 Å². The van der Waals surface area contributed by atoms with Gasteiger partial charge in [0, 0.05) is 0 Å². The smallest absolute Gasteiger partial charge is 0.194 e. The van der Waals surface area contributed by atoms with Gasteiger partial charge in [-0.05, 0) is 54.2 Å². The van der Waals surface area contributed by atoms with Crippen molar-refractivity contribution in [2.75, 3.05) is 0 Å². The van der Waals surface area contributed by atoms with Gasteiger partial charge in [0.05, 0.1) is 0 Å². The van der Waals surface area contributed by atoms with Crippen molar-refractivity contribution in [3.8, 4) is 0 Å². The van der Waals surface area contributed by atoms with Crippen molar-refractivity contribution in [2.45, 2.75) is 32.6 Å². The van der Waals surface area contributed by atoms with E-state index in [0.717, 1.165) is 30.5 Å². The maximum atomic E-state index is 14.0. The molecule has 0 nitrogen and oxygen atoms in total. The molecule has 0 amide bonds. The minimum atomic E-state index is -1.48. The number of unbranched alkanes of at least 4 members (excludes halogenated alkanes) is 1. The predicted octanol–water partition coefficient (Wildman–Crippen LogP) is 5.84. The third-order valence-electron chi connectivity index (χ3n) is 3.57. The lowest BCUT2D eigenvalue weighted by atomic mass is 10.0. The third kappa shape index (κ3) is 4.68. The van der Waals surface area contributed by atoms with Crippen molar-refractivity contribution in [1.82, 2.24) is 0 Å². The molecule has 0 aromatic heterocycles. The van der Waals surface area contributed by atoms with Crippen LogP contribution in [0.2, 0.25) is 0 Å². The Bertz CT molecular complexity index is 682. The molecule has 0 atom stereocenters. The van der Waals surface area contributed by atoms with E-state index in [1.807, 2.05) is 12.2 Å². The fourth-order valence-electron chi connectivity index (χ4n) is 2.29. The molecule has 2 aromatic rings. The van der Waals surface area contributed by atoms with Crippen LogP contribution in [-0.2, 0) is 12.8 Å². The molecule has 0 saturated carbocycles. The first kappa shape index (κ1) is 17.3. The van der Waals surface area contributed by atoms with E-state index in [1.54, 1.807) is 12.1 Å². The number of allylic oxidation sites excluding steroid dienone is 1. The zero-order valence-electron chi connectivity index (χ0n) is 12.9. The van der Waals surface area contributed by atoms with E-state index < -0.39 is 17.5 Å². The van der Waals surface area contributed by atoms with Gasteiger partial charge >= 0.3 is 0 Å². The van der Waals surface area contributed by atoms with Crippen LogP contribution in [0.3, 0.4) is 0 Å². The van der Waals surface area contributed by atoms with Gasteiger partial charge in [0.1, 0.15) is 5.82 Å². The molecule has 122 valence electrons. The van der Waals surface area contributed by atoms with Crippen LogP contribution in [0.5, 0.6) is 0 Å². The van der Waals surface area contributed by atoms with Gasteiger partial charge in [-0.15, -0.1) is 0 Å². The van der Waals surface area contributed by atoms with Crippen LogP contribution in [-0.4, -0.2) is 0 Å². The van der Waals surface area contributed by atoms with Gasteiger partial charge in [0.25, 0.3) is 0 Å². The molecule has 2 rings (SSSR count). The fraction of sp³-hybridized carbons (Fsp3) is 0.263. The largest absolute Gasteiger partial charge is 0.207 e. The van der Waals surface area contributed by atoms with Crippen LogP contribution in [0, 0.1) is 23.3 Å². The van der Waals surface area contributed by atoms with E-state index in [-0.39, 0.29) is 18.7 Å². The third-order valence-corrected chi connectivity index (χ3v) is 3.57. The molecule has 0 bridgehead atoms. The highest BCUT2D eigenvalue weighted by molar-refractivity contribution is 5.50. The van der Waals surface area contributed by atoms with Crippen LogP contribution >= 0.6 is 0 Å². The highest BCUT2D eigenvalue weighted by Gasteiger charge is 2.11. The quantitative estimate of drug-likeness (QED) is 0.463. The summed E-state index contributed by atoms with van der Waals surface area (Å²) in [5.41, 5.74) is 1.54. The molecule has 0 saturated heterocycles. The predicted molar refractivity (Wildman–Crippen MR) is 84.1 cm³/mol. The van der Waals surface area contributed by atoms with Crippen molar-refractivity contribution in [3.63, 3.8) is 0 Å². The maximum absolute atomic E-state index is 14.0. The van der Waals surface area contributed by atoms with E-state index in [9.17, 15) is 17.6 Å². The highest BCUT2D eigenvalue weighted by Crippen LogP contribution is 2.18. The van der Waals surface area contributed by atoms with Crippen LogP contribution in [0.15, 0.2) is 36.4 Å². The fourth-order valence-corrected chi connectivity index (χ4v) is 2.29. The molecule has 0 spiro atoms. The Morgan fingerprint density at radius 3 is 2.17 bits per heavy atom. The standard InChI is InChI=1S/C19H18F4/c1-2-3-4-5-13-6-8-15(16(20)10-13)9-7-14-11-17(21)19(23)18(22)12-14/h4-6,8,10-12H,2-3,7,9H2,1H3/b5-4+. The molecule has 0 unspecified atom stereocenters. The lowest BCUT2D eigenvalue weighted by molar-refractivity contribution is 0.445. The summed E-state index contributed by atoms with van der Waals surface area (Å²) >= 11 is 0. The van der Waals surface area contributed by atoms with E-state index in [1.165, 1.54) is 6.07 Å².